The number of carbonyl (C=O) groups is 1. The molecule has 2 aromatic rings. The van der Waals surface area contributed by atoms with Crippen molar-refractivity contribution in [3.63, 3.8) is 0 Å². The molecule has 0 saturated carbocycles. The normalized spacial score (nSPS) is 10.4. The van der Waals surface area contributed by atoms with Crippen LogP contribution in [0.1, 0.15) is 23.0 Å². The van der Waals surface area contributed by atoms with Crippen molar-refractivity contribution in [3.05, 3.63) is 53.1 Å². The highest BCUT2D eigenvalue weighted by Crippen LogP contribution is 2.12. The molecule has 0 N–H and O–H groups in total. The maximum atomic E-state index is 11.1. The van der Waals surface area contributed by atoms with Gasteiger partial charge in [0, 0.05) is 24.7 Å². The predicted molar refractivity (Wildman–Crippen MR) is 62.8 cm³/mol. The van der Waals surface area contributed by atoms with Gasteiger partial charge in [0.2, 0.25) is 0 Å². The van der Waals surface area contributed by atoms with Crippen LogP contribution in [0.4, 0.5) is 0 Å². The van der Waals surface area contributed by atoms with E-state index < -0.39 is 0 Å². The summed E-state index contributed by atoms with van der Waals surface area (Å²) in [7, 11) is 0. The number of nitrogens with zero attached hydrogens (tertiary/aromatic N) is 2. The number of carbonyl (C=O) groups excluding carboxylic acids is 1. The van der Waals surface area contributed by atoms with E-state index in [1.165, 1.54) is 6.92 Å². The zero-order valence-corrected chi connectivity index (χ0v) is 9.61. The second-order valence-corrected chi connectivity index (χ2v) is 4.05. The van der Waals surface area contributed by atoms with Gasteiger partial charge in [0.25, 0.3) is 0 Å². The van der Waals surface area contributed by atoms with Gasteiger partial charge in [0.05, 0.1) is 6.33 Å². The van der Waals surface area contributed by atoms with E-state index in [0.29, 0.717) is 17.3 Å². The van der Waals surface area contributed by atoms with Crippen LogP contribution >= 0.6 is 11.6 Å². The minimum absolute atomic E-state index is 0.0233. The summed E-state index contributed by atoms with van der Waals surface area (Å²) in [6, 6.07) is 7.62. The molecule has 0 aliphatic rings. The second kappa shape index (κ2) is 4.49. The molecule has 0 aliphatic heterocycles. The van der Waals surface area contributed by atoms with Crippen molar-refractivity contribution in [1.82, 2.24) is 9.55 Å². The third kappa shape index (κ3) is 2.49. The molecule has 0 atom stereocenters. The number of rotatable bonds is 3. The molecule has 3 nitrogen and oxygen atoms in total. The van der Waals surface area contributed by atoms with E-state index in [1.807, 2.05) is 28.8 Å². The number of ketones is 1. The van der Waals surface area contributed by atoms with Gasteiger partial charge in [-0.05, 0) is 17.7 Å². The first-order chi connectivity index (χ1) is 7.65. The Morgan fingerprint density at radius 1 is 1.50 bits per heavy atom. The minimum atomic E-state index is -0.0233. The Morgan fingerprint density at radius 3 is 2.94 bits per heavy atom. The Hall–Kier alpha value is -1.61. The van der Waals surface area contributed by atoms with E-state index in [4.69, 9.17) is 11.6 Å². The summed E-state index contributed by atoms with van der Waals surface area (Å²) in [4.78, 5) is 15.1. The summed E-state index contributed by atoms with van der Waals surface area (Å²) in [5.74, 6) is -0.0233. The number of benzene rings is 1. The van der Waals surface area contributed by atoms with Crippen LogP contribution in [-0.4, -0.2) is 15.3 Å². The van der Waals surface area contributed by atoms with Gasteiger partial charge >= 0.3 is 0 Å². The summed E-state index contributed by atoms with van der Waals surface area (Å²) in [6.07, 6.45) is 3.39. The lowest BCUT2D eigenvalue weighted by Crippen LogP contribution is -1.96. The van der Waals surface area contributed by atoms with Gasteiger partial charge < -0.3 is 4.57 Å². The van der Waals surface area contributed by atoms with Crippen molar-refractivity contribution >= 4 is 17.4 Å². The van der Waals surface area contributed by atoms with Gasteiger partial charge in [-0.25, -0.2) is 4.98 Å². The Morgan fingerprint density at radius 2 is 2.31 bits per heavy atom. The Balaban J connectivity index is 2.17. The van der Waals surface area contributed by atoms with Crippen LogP contribution in [0.5, 0.6) is 0 Å². The smallest absolute Gasteiger partial charge is 0.179 e. The predicted octanol–water partition coefficient (Wildman–Crippen LogP) is 2.79. The van der Waals surface area contributed by atoms with Gasteiger partial charge in [-0.1, -0.05) is 23.7 Å². The summed E-state index contributed by atoms with van der Waals surface area (Å²) in [6.45, 7) is 2.17. The van der Waals surface area contributed by atoms with Crippen molar-refractivity contribution in [3.8, 4) is 0 Å². The van der Waals surface area contributed by atoms with Crippen LogP contribution in [0.2, 0.25) is 5.02 Å². The molecule has 0 amide bonds. The van der Waals surface area contributed by atoms with Crippen LogP contribution in [0.15, 0.2) is 36.8 Å². The quantitative estimate of drug-likeness (QED) is 0.766. The molecule has 2 rings (SSSR count). The van der Waals surface area contributed by atoms with E-state index in [2.05, 4.69) is 4.98 Å². The number of hydrogen-bond acceptors (Lipinski definition) is 2. The molecule has 0 bridgehead atoms. The Labute approximate surface area is 98.7 Å². The standard InChI is InChI=1S/C12H11ClN2O/c1-9(16)12-7-15(8-14-12)6-10-3-2-4-11(13)5-10/h2-5,7-8H,6H2,1H3. The van der Waals surface area contributed by atoms with Gasteiger partial charge in [-0.3, -0.25) is 4.79 Å². The lowest BCUT2D eigenvalue weighted by atomic mass is 10.2. The largest absolute Gasteiger partial charge is 0.332 e. The molecule has 82 valence electrons. The fraction of sp³-hybridized carbons (Fsp3) is 0.167. The number of halogens is 1. The van der Waals surface area contributed by atoms with Crippen molar-refractivity contribution in [2.75, 3.05) is 0 Å². The molecule has 1 heterocycles. The molecular weight excluding hydrogens is 224 g/mol. The van der Waals surface area contributed by atoms with Gasteiger partial charge in [0.1, 0.15) is 5.69 Å². The van der Waals surface area contributed by atoms with Crippen molar-refractivity contribution in [1.29, 1.82) is 0 Å². The monoisotopic (exact) mass is 234 g/mol. The number of imidazole rings is 1. The van der Waals surface area contributed by atoms with Crippen LogP contribution in [0.3, 0.4) is 0 Å². The number of aromatic nitrogens is 2. The molecule has 1 aromatic carbocycles. The Kier molecular flexibility index (Phi) is 3.06. The summed E-state index contributed by atoms with van der Waals surface area (Å²) < 4.78 is 1.86. The zero-order valence-electron chi connectivity index (χ0n) is 8.85. The molecule has 0 radical (unpaired) electrons. The van der Waals surface area contributed by atoms with Crippen LogP contribution < -0.4 is 0 Å². The first-order valence-corrected chi connectivity index (χ1v) is 5.30. The third-order valence-electron chi connectivity index (χ3n) is 2.25. The fourth-order valence-electron chi connectivity index (χ4n) is 1.47. The molecule has 0 saturated heterocycles. The first kappa shape index (κ1) is 10.9. The Bertz CT molecular complexity index is 519. The molecular formula is C12H11ClN2O. The maximum Gasteiger partial charge on any atom is 0.179 e. The number of Topliss-reactive ketones (excluding diaryl/α,β-unsaturated/α-hetero) is 1. The number of hydrogen-bond donors (Lipinski definition) is 0. The van der Waals surface area contributed by atoms with Gasteiger partial charge in [0.15, 0.2) is 5.78 Å². The summed E-state index contributed by atoms with van der Waals surface area (Å²) in [5, 5.41) is 0.712. The highest BCUT2D eigenvalue weighted by atomic mass is 35.5. The SMILES string of the molecule is CC(=O)c1cn(Cc2cccc(Cl)c2)cn1. The van der Waals surface area contributed by atoms with Crippen molar-refractivity contribution in [2.24, 2.45) is 0 Å². The first-order valence-electron chi connectivity index (χ1n) is 4.92. The van der Waals surface area contributed by atoms with Crippen molar-refractivity contribution < 1.29 is 4.79 Å². The molecule has 4 heteroatoms. The van der Waals surface area contributed by atoms with E-state index in [9.17, 15) is 4.79 Å². The minimum Gasteiger partial charge on any atom is -0.332 e. The summed E-state index contributed by atoms with van der Waals surface area (Å²) in [5.41, 5.74) is 1.57. The topological polar surface area (TPSA) is 34.9 Å². The van der Waals surface area contributed by atoms with Crippen LogP contribution in [0.25, 0.3) is 0 Å². The van der Waals surface area contributed by atoms with E-state index in [-0.39, 0.29) is 5.78 Å². The van der Waals surface area contributed by atoms with E-state index >= 15 is 0 Å². The molecule has 0 fully saturated rings. The van der Waals surface area contributed by atoms with Gasteiger partial charge in [-0.15, -0.1) is 0 Å². The molecule has 0 spiro atoms. The van der Waals surface area contributed by atoms with E-state index in [1.54, 1.807) is 12.5 Å². The van der Waals surface area contributed by atoms with E-state index in [0.717, 1.165) is 5.56 Å². The summed E-state index contributed by atoms with van der Waals surface area (Å²) >= 11 is 5.89. The highest BCUT2D eigenvalue weighted by molar-refractivity contribution is 6.30. The lowest BCUT2D eigenvalue weighted by molar-refractivity contribution is 0.101. The van der Waals surface area contributed by atoms with Crippen LogP contribution in [0, 0.1) is 0 Å². The fourth-order valence-corrected chi connectivity index (χ4v) is 1.69. The lowest BCUT2D eigenvalue weighted by Gasteiger charge is -2.02. The molecule has 0 unspecified atom stereocenters. The van der Waals surface area contributed by atoms with Crippen LogP contribution in [-0.2, 0) is 6.54 Å². The maximum absolute atomic E-state index is 11.1. The average molecular weight is 235 g/mol. The zero-order chi connectivity index (χ0) is 11.5. The third-order valence-corrected chi connectivity index (χ3v) is 2.48. The molecule has 16 heavy (non-hydrogen) atoms. The molecule has 1 aromatic heterocycles. The van der Waals surface area contributed by atoms with Gasteiger partial charge in [-0.2, -0.15) is 0 Å². The highest BCUT2D eigenvalue weighted by Gasteiger charge is 2.03. The second-order valence-electron chi connectivity index (χ2n) is 3.62. The molecule has 0 aliphatic carbocycles. The average Bonchev–Trinajstić information content (AvgIpc) is 2.66. The van der Waals surface area contributed by atoms with Crippen molar-refractivity contribution in [2.45, 2.75) is 13.5 Å².